The van der Waals surface area contributed by atoms with Gasteiger partial charge in [0, 0.05) is 22.7 Å². The molecule has 0 atom stereocenters. The van der Waals surface area contributed by atoms with Gasteiger partial charge in [0.05, 0.1) is 0 Å². The summed E-state index contributed by atoms with van der Waals surface area (Å²) in [6, 6.07) is 0.672. The van der Waals surface area contributed by atoms with Crippen molar-refractivity contribution in [1.29, 1.82) is 0 Å². The molecule has 16 heavy (non-hydrogen) atoms. The highest BCUT2D eigenvalue weighted by Crippen LogP contribution is 2.33. The van der Waals surface area contributed by atoms with Crippen LogP contribution in [-0.2, 0) is 0 Å². The zero-order valence-electron chi connectivity index (χ0n) is 12.4. The number of piperidine rings is 1. The van der Waals surface area contributed by atoms with Gasteiger partial charge in [0.15, 0.2) is 0 Å². The van der Waals surface area contributed by atoms with Crippen molar-refractivity contribution in [2.75, 3.05) is 7.05 Å². The van der Waals surface area contributed by atoms with Gasteiger partial charge in [0.2, 0.25) is 0 Å². The van der Waals surface area contributed by atoms with Crippen LogP contribution in [0.1, 0.15) is 61.3 Å². The highest BCUT2D eigenvalue weighted by Gasteiger charge is 2.40. The maximum absolute atomic E-state index is 3.74. The smallest absolute Gasteiger partial charge is 0.0145 e. The van der Waals surface area contributed by atoms with E-state index in [0.29, 0.717) is 6.04 Å². The van der Waals surface area contributed by atoms with E-state index in [-0.39, 0.29) is 16.6 Å². The molecule has 2 heteroatoms. The number of hydrogen-bond acceptors (Lipinski definition) is 2. The highest BCUT2D eigenvalue weighted by atomic mass is 15.2. The summed E-state index contributed by atoms with van der Waals surface area (Å²) in [6.07, 6.45) is 2.45. The van der Waals surface area contributed by atoms with Crippen molar-refractivity contribution in [2.24, 2.45) is 0 Å². The van der Waals surface area contributed by atoms with Crippen LogP contribution >= 0.6 is 0 Å². The Morgan fingerprint density at radius 2 is 1.38 bits per heavy atom. The average Bonchev–Trinajstić information content (AvgIpc) is 1.94. The topological polar surface area (TPSA) is 15.3 Å². The first-order valence-corrected chi connectivity index (χ1v) is 6.45. The Hall–Kier alpha value is -0.0800. The molecular formula is C14H30N2. The molecule has 2 nitrogen and oxygen atoms in total. The number of rotatable bonds is 1. The highest BCUT2D eigenvalue weighted by molar-refractivity contribution is 5.01. The Balaban J connectivity index is 2.83. The van der Waals surface area contributed by atoms with E-state index in [1.54, 1.807) is 0 Å². The van der Waals surface area contributed by atoms with Gasteiger partial charge in [-0.25, -0.2) is 0 Å². The van der Waals surface area contributed by atoms with Gasteiger partial charge in [-0.05, 0) is 68.4 Å². The Bertz CT molecular complexity index is 232. The lowest BCUT2D eigenvalue weighted by Gasteiger charge is -2.51. The molecule has 1 aliphatic rings. The molecule has 96 valence electrons. The van der Waals surface area contributed by atoms with Gasteiger partial charge in [-0.15, -0.1) is 0 Å². The van der Waals surface area contributed by atoms with Crippen molar-refractivity contribution in [2.45, 2.75) is 84.0 Å². The van der Waals surface area contributed by atoms with Crippen molar-refractivity contribution in [1.82, 2.24) is 10.2 Å². The fourth-order valence-electron chi connectivity index (χ4n) is 3.09. The van der Waals surface area contributed by atoms with Crippen molar-refractivity contribution in [3.8, 4) is 0 Å². The second-order valence-corrected chi connectivity index (χ2v) is 7.74. The minimum atomic E-state index is 0.242. The fraction of sp³-hybridized carbons (Fsp3) is 1.00. The summed E-state index contributed by atoms with van der Waals surface area (Å²) in [7, 11) is 2.27. The Labute approximate surface area is 102 Å². The standard InChI is InChI=1S/C14H30N2/c1-12(2,3)16(8)11-9-13(4,5)15-14(6,7)10-11/h11,15H,9-10H2,1-8H3. The molecule has 0 radical (unpaired) electrons. The summed E-state index contributed by atoms with van der Waals surface area (Å²) in [5, 5.41) is 3.74. The molecule has 1 N–H and O–H groups in total. The zero-order valence-corrected chi connectivity index (χ0v) is 12.4. The first kappa shape index (κ1) is 14.0. The molecule has 1 rings (SSSR count). The summed E-state index contributed by atoms with van der Waals surface area (Å²) in [4.78, 5) is 2.54. The monoisotopic (exact) mass is 226 g/mol. The molecule has 0 amide bonds. The summed E-state index contributed by atoms with van der Waals surface area (Å²) >= 11 is 0. The van der Waals surface area contributed by atoms with Gasteiger partial charge >= 0.3 is 0 Å². The summed E-state index contributed by atoms with van der Waals surface area (Å²) in [6.45, 7) is 16.2. The van der Waals surface area contributed by atoms with Crippen molar-refractivity contribution < 1.29 is 0 Å². The van der Waals surface area contributed by atoms with Crippen LogP contribution in [0.3, 0.4) is 0 Å². The van der Waals surface area contributed by atoms with Gasteiger partial charge in [0.1, 0.15) is 0 Å². The van der Waals surface area contributed by atoms with E-state index in [2.05, 4.69) is 65.7 Å². The molecule has 0 aromatic heterocycles. The lowest BCUT2D eigenvalue weighted by Crippen LogP contribution is -2.63. The second kappa shape index (κ2) is 3.99. The third-order valence-electron chi connectivity index (χ3n) is 3.77. The van der Waals surface area contributed by atoms with E-state index in [9.17, 15) is 0 Å². The Morgan fingerprint density at radius 3 is 1.69 bits per heavy atom. The molecule has 0 saturated carbocycles. The maximum atomic E-state index is 3.74. The van der Waals surface area contributed by atoms with Crippen LogP contribution in [-0.4, -0.2) is 34.6 Å². The normalized spacial score (nSPS) is 26.1. The quantitative estimate of drug-likeness (QED) is 0.739. The van der Waals surface area contributed by atoms with Crippen molar-refractivity contribution in [3.05, 3.63) is 0 Å². The van der Waals surface area contributed by atoms with Crippen LogP contribution in [0.15, 0.2) is 0 Å². The molecule has 0 aliphatic carbocycles. The van der Waals surface area contributed by atoms with Crippen LogP contribution in [0.4, 0.5) is 0 Å². The predicted octanol–water partition coefficient (Wildman–Crippen LogP) is 3.03. The van der Waals surface area contributed by atoms with E-state index in [0.717, 1.165) is 0 Å². The minimum absolute atomic E-state index is 0.242. The molecule has 0 aromatic carbocycles. The number of nitrogens with zero attached hydrogens (tertiary/aromatic N) is 1. The first-order valence-electron chi connectivity index (χ1n) is 6.45. The molecule has 1 saturated heterocycles. The van der Waals surface area contributed by atoms with E-state index in [1.807, 2.05) is 0 Å². The SMILES string of the molecule is CN(C1CC(C)(C)NC(C)(C)C1)C(C)(C)C. The predicted molar refractivity (Wildman–Crippen MR) is 71.8 cm³/mol. The maximum Gasteiger partial charge on any atom is 0.0145 e. The summed E-state index contributed by atoms with van der Waals surface area (Å²) < 4.78 is 0. The lowest BCUT2D eigenvalue weighted by atomic mass is 9.78. The van der Waals surface area contributed by atoms with E-state index >= 15 is 0 Å². The van der Waals surface area contributed by atoms with Gasteiger partial charge in [-0.3, -0.25) is 4.90 Å². The van der Waals surface area contributed by atoms with E-state index < -0.39 is 0 Å². The van der Waals surface area contributed by atoms with Crippen LogP contribution < -0.4 is 5.32 Å². The van der Waals surface area contributed by atoms with Gasteiger partial charge in [-0.1, -0.05) is 0 Å². The minimum Gasteiger partial charge on any atom is -0.307 e. The van der Waals surface area contributed by atoms with Crippen LogP contribution in [0.25, 0.3) is 0 Å². The Morgan fingerprint density at radius 1 is 1.00 bits per heavy atom. The molecule has 0 bridgehead atoms. The largest absolute Gasteiger partial charge is 0.307 e. The summed E-state index contributed by atoms with van der Waals surface area (Å²) in [5.41, 5.74) is 0.742. The molecule has 0 spiro atoms. The number of hydrogen-bond donors (Lipinski definition) is 1. The molecule has 0 unspecified atom stereocenters. The molecule has 1 aliphatic heterocycles. The van der Waals surface area contributed by atoms with Gasteiger partial charge in [-0.2, -0.15) is 0 Å². The van der Waals surface area contributed by atoms with E-state index in [4.69, 9.17) is 0 Å². The molecule has 1 fully saturated rings. The summed E-state index contributed by atoms with van der Waals surface area (Å²) in [5.74, 6) is 0. The van der Waals surface area contributed by atoms with Gasteiger partial charge < -0.3 is 5.32 Å². The van der Waals surface area contributed by atoms with Gasteiger partial charge in [0.25, 0.3) is 0 Å². The van der Waals surface area contributed by atoms with E-state index in [1.165, 1.54) is 12.8 Å². The second-order valence-electron chi connectivity index (χ2n) is 7.74. The fourth-order valence-corrected chi connectivity index (χ4v) is 3.09. The molecular weight excluding hydrogens is 196 g/mol. The zero-order chi connectivity index (χ0) is 12.8. The van der Waals surface area contributed by atoms with Crippen LogP contribution in [0, 0.1) is 0 Å². The van der Waals surface area contributed by atoms with Crippen LogP contribution in [0.5, 0.6) is 0 Å². The molecule has 1 heterocycles. The Kier molecular flexibility index (Phi) is 3.49. The number of nitrogens with one attached hydrogen (secondary N) is 1. The van der Waals surface area contributed by atoms with Crippen LogP contribution in [0.2, 0.25) is 0 Å². The lowest BCUT2D eigenvalue weighted by molar-refractivity contribution is 0.0324. The van der Waals surface area contributed by atoms with Crippen molar-refractivity contribution in [3.63, 3.8) is 0 Å². The molecule has 0 aromatic rings. The van der Waals surface area contributed by atoms with Crippen molar-refractivity contribution >= 4 is 0 Å². The third kappa shape index (κ3) is 3.46. The third-order valence-corrected chi connectivity index (χ3v) is 3.77. The average molecular weight is 226 g/mol. The first-order chi connectivity index (χ1) is 6.93.